The Morgan fingerprint density at radius 1 is 1.11 bits per heavy atom. The highest BCUT2D eigenvalue weighted by Crippen LogP contribution is 2.42. The van der Waals surface area contributed by atoms with Gasteiger partial charge in [0.05, 0.1) is 0 Å². The molecule has 0 aromatic rings. The zero-order valence-electron chi connectivity index (χ0n) is 6.56. The van der Waals surface area contributed by atoms with E-state index in [2.05, 4.69) is 0 Å². The first kappa shape index (κ1) is 7.03. The van der Waals surface area contributed by atoms with Crippen molar-refractivity contribution in [2.45, 2.75) is 45.2 Å². The molecule has 0 amide bonds. The molecule has 1 aliphatic heterocycles. The van der Waals surface area contributed by atoms with Gasteiger partial charge in [0.2, 0.25) is 0 Å². The van der Waals surface area contributed by atoms with Gasteiger partial charge in [0, 0.05) is 11.1 Å². The second kappa shape index (κ2) is 1.50. The van der Waals surface area contributed by atoms with Crippen molar-refractivity contribution in [3.63, 3.8) is 0 Å². The summed E-state index contributed by atoms with van der Waals surface area (Å²) in [5.41, 5.74) is -0.215. The Bertz CT molecular complexity index is 115. The van der Waals surface area contributed by atoms with E-state index in [1.165, 1.54) is 5.06 Å². The number of hydrogen-bond acceptors (Lipinski definition) is 1. The first-order valence-corrected chi connectivity index (χ1v) is 3.34. The number of hydroxylamine groups is 2. The van der Waals surface area contributed by atoms with Crippen molar-refractivity contribution in [3.05, 3.63) is 0 Å². The van der Waals surface area contributed by atoms with Crippen LogP contribution in [-0.4, -0.2) is 16.1 Å². The summed E-state index contributed by atoms with van der Waals surface area (Å²) >= 11 is 0. The molecular weight excluding hydrogens is 114 g/mol. The van der Waals surface area contributed by atoms with E-state index in [-0.39, 0.29) is 11.1 Å². The summed E-state index contributed by atoms with van der Waals surface area (Å²) in [4.78, 5) is 0. The molecule has 0 aliphatic carbocycles. The molecule has 0 N–H and O–H groups in total. The Kier molecular flexibility index (Phi) is 1.17. The highest BCUT2D eigenvalue weighted by molar-refractivity contribution is 5.01. The van der Waals surface area contributed by atoms with Gasteiger partial charge in [-0.2, -0.15) is 0 Å². The van der Waals surface area contributed by atoms with Crippen LogP contribution in [0.2, 0.25) is 0 Å². The maximum absolute atomic E-state index is 11.1. The average molecular weight is 128 g/mol. The van der Waals surface area contributed by atoms with E-state index in [0.29, 0.717) is 0 Å². The second-order valence-corrected chi connectivity index (χ2v) is 4.10. The normalized spacial score (nSPS) is 31.7. The molecule has 0 spiro atoms. The molecule has 1 fully saturated rings. The molecule has 1 radical (unpaired) electrons. The van der Waals surface area contributed by atoms with Gasteiger partial charge in [-0.25, -0.2) is 0 Å². The zero-order chi connectivity index (χ0) is 7.28. The van der Waals surface area contributed by atoms with E-state index in [0.717, 1.165) is 6.42 Å². The molecule has 0 aromatic heterocycles. The van der Waals surface area contributed by atoms with Crippen LogP contribution in [0.4, 0.5) is 0 Å². The van der Waals surface area contributed by atoms with Crippen molar-refractivity contribution in [2.24, 2.45) is 0 Å². The zero-order valence-corrected chi connectivity index (χ0v) is 6.56. The molecule has 2 heteroatoms. The molecule has 1 heterocycles. The number of nitrogens with zero attached hydrogens (tertiary/aromatic N) is 1. The minimum absolute atomic E-state index is 0.108. The molecule has 0 bridgehead atoms. The lowest BCUT2D eigenvalue weighted by molar-refractivity contribution is -0.338. The fraction of sp³-hybridized carbons (Fsp3) is 1.00. The summed E-state index contributed by atoms with van der Waals surface area (Å²) in [6, 6.07) is 0. The fourth-order valence-electron chi connectivity index (χ4n) is 1.93. The maximum atomic E-state index is 11.1. The quantitative estimate of drug-likeness (QED) is 0.486. The van der Waals surface area contributed by atoms with E-state index in [1.54, 1.807) is 0 Å². The maximum Gasteiger partial charge on any atom is 0.0462 e. The molecule has 0 aromatic carbocycles. The third-order valence-corrected chi connectivity index (χ3v) is 1.96. The monoisotopic (exact) mass is 128 g/mol. The van der Waals surface area contributed by atoms with Gasteiger partial charge in [0.15, 0.2) is 0 Å². The Hall–Kier alpha value is -0.0800. The van der Waals surface area contributed by atoms with Gasteiger partial charge in [0.25, 0.3) is 0 Å². The van der Waals surface area contributed by atoms with Gasteiger partial charge < -0.3 is 0 Å². The van der Waals surface area contributed by atoms with Crippen LogP contribution in [0.25, 0.3) is 0 Å². The van der Waals surface area contributed by atoms with Gasteiger partial charge in [0.1, 0.15) is 0 Å². The van der Waals surface area contributed by atoms with Crippen LogP contribution in [0, 0.1) is 0 Å². The third kappa shape index (κ3) is 0.864. The molecular formula is C7H14NO. The Morgan fingerprint density at radius 3 is 1.44 bits per heavy atom. The fourth-order valence-corrected chi connectivity index (χ4v) is 1.93. The van der Waals surface area contributed by atoms with Crippen molar-refractivity contribution >= 4 is 0 Å². The van der Waals surface area contributed by atoms with Crippen LogP contribution in [0.15, 0.2) is 0 Å². The Labute approximate surface area is 56.4 Å². The first-order chi connectivity index (χ1) is 3.86. The molecule has 0 saturated carbocycles. The Morgan fingerprint density at radius 2 is 1.44 bits per heavy atom. The number of rotatable bonds is 0. The molecule has 0 atom stereocenters. The summed E-state index contributed by atoms with van der Waals surface area (Å²) in [5.74, 6) is 0. The van der Waals surface area contributed by atoms with E-state index in [4.69, 9.17) is 0 Å². The minimum Gasteiger partial charge on any atom is -0.144 e. The molecule has 9 heavy (non-hydrogen) atoms. The molecule has 1 saturated heterocycles. The van der Waals surface area contributed by atoms with E-state index in [9.17, 15) is 5.21 Å². The molecule has 53 valence electrons. The average Bonchev–Trinajstić information content (AvgIpc) is 1.63. The Balaban J connectivity index is 2.62. The highest BCUT2D eigenvalue weighted by atomic mass is 16.5. The van der Waals surface area contributed by atoms with Crippen molar-refractivity contribution in [2.75, 3.05) is 0 Å². The summed E-state index contributed by atoms with van der Waals surface area (Å²) in [5, 5.41) is 12.3. The standard InChI is InChI=1S/C7H14NO/c1-6(2)5-7(3,4)8(6)9/h5H2,1-4H3. The van der Waals surface area contributed by atoms with Crippen LogP contribution in [0.5, 0.6) is 0 Å². The second-order valence-electron chi connectivity index (χ2n) is 4.10. The number of hydrogen-bond donors (Lipinski definition) is 0. The lowest BCUT2D eigenvalue weighted by Gasteiger charge is -2.55. The van der Waals surface area contributed by atoms with Gasteiger partial charge >= 0.3 is 0 Å². The smallest absolute Gasteiger partial charge is 0.0462 e. The van der Waals surface area contributed by atoms with Crippen LogP contribution in [0.1, 0.15) is 34.1 Å². The third-order valence-electron chi connectivity index (χ3n) is 1.96. The predicted octanol–water partition coefficient (Wildman–Crippen LogP) is 1.59. The summed E-state index contributed by atoms with van der Waals surface area (Å²) in [7, 11) is 0. The van der Waals surface area contributed by atoms with Crippen molar-refractivity contribution in [1.82, 2.24) is 5.06 Å². The van der Waals surface area contributed by atoms with E-state index < -0.39 is 0 Å². The minimum atomic E-state index is -0.108. The van der Waals surface area contributed by atoms with Gasteiger partial charge in [-0.15, -0.1) is 10.3 Å². The topological polar surface area (TPSA) is 23.1 Å². The summed E-state index contributed by atoms with van der Waals surface area (Å²) in [6.07, 6.45) is 1.00. The lowest BCUT2D eigenvalue weighted by Crippen LogP contribution is -2.66. The highest BCUT2D eigenvalue weighted by Gasteiger charge is 2.51. The van der Waals surface area contributed by atoms with Gasteiger partial charge in [-0.05, 0) is 34.1 Å². The van der Waals surface area contributed by atoms with Crippen LogP contribution < -0.4 is 0 Å². The SMILES string of the molecule is CC1(C)CC(C)(C)N1[O]. The van der Waals surface area contributed by atoms with Crippen LogP contribution >= 0.6 is 0 Å². The lowest BCUT2D eigenvalue weighted by atomic mass is 9.75. The molecule has 1 aliphatic rings. The molecule has 2 nitrogen and oxygen atoms in total. The van der Waals surface area contributed by atoms with Crippen molar-refractivity contribution in [3.8, 4) is 0 Å². The van der Waals surface area contributed by atoms with Crippen molar-refractivity contribution in [1.29, 1.82) is 0 Å². The van der Waals surface area contributed by atoms with Crippen LogP contribution in [0.3, 0.4) is 0 Å². The van der Waals surface area contributed by atoms with E-state index >= 15 is 0 Å². The summed E-state index contributed by atoms with van der Waals surface area (Å²) < 4.78 is 0. The predicted molar refractivity (Wildman–Crippen MR) is 35.3 cm³/mol. The van der Waals surface area contributed by atoms with Crippen molar-refractivity contribution < 1.29 is 5.21 Å². The summed E-state index contributed by atoms with van der Waals surface area (Å²) in [6.45, 7) is 7.91. The first-order valence-electron chi connectivity index (χ1n) is 3.34. The van der Waals surface area contributed by atoms with Gasteiger partial charge in [-0.3, -0.25) is 0 Å². The molecule has 1 rings (SSSR count). The largest absolute Gasteiger partial charge is 0.144 e. The van der Waals surface area contributed by atoms with Gasteiger partial charge in [-0.1, -0.05) is 0 Å². The van der Waals surface area contributed by atoms with E-state index in [1.807, 2.05) is 27.7 Å². The van der Waals surface area contributed by atoms with Crippen LogP contribution in [-0.2, 0) is 5.21 Å². The molecule has 0 unspecified atom stereocenters.